The van der Waals surface area contributed by atoms with Gasteiger partial charge in [-0.25, -0.2) is 0 Å². The van der Waals surface area contributed by atoms with Crippen LogP contribution in [0.15, 0.2) is 35.1 Å². The van der Waals surface area contributed by atoms with Crippen LogP contribution in [0.1, 0.15) is 36.1 Å². The fourth-order valence-corrected chi connectivity index (χ4v) is 6.18. The molecule has 35 heavy (non-hydrogen) atoms. The van der Waals surface area contributed by atoms with Crippen LogP contribution in [0.4, 0.5) is 0 Å². The van der Waals surface area contributed by atoms with Gasteiger partial charge in [-0.3, -0.25) is 14.4 Å². The van der Waals surface area contributed by atoms with E-state index in [-0.39, 0.29) is 35.6 Å². The lowest BCUT2D eigenvalue weighted by Crippen LogP contribution is -2.51. The zero-order valence-electron chi connectivity index (χ0n) is 20.5. The van der Waals surface area contributed by atoms with Crippen molar-refractivity contribution >= 4 is 11.8 Å². The topological polar surface area (TPSA) is 90.3 Å². The number of likely N-dealkylation sites (tertiary alicyclic amines) is 2. The minimum Gasteiger partial charge on any atom is -0.493 e. The molecule has 4 atom stereocenters. The third-order valence-corrected chi connectivity index (χ3v) is 7.75. The number of benzene rings is 1. The standard InChI is InChI=1S/C26H31N3O6/c1-27-22(31)11-18(23(27)17-8-9-20(33-2)25(35-4)24(17)34-3)26(32)28-12-15-10-16(14-28)19-6-5-7-21(30)29(19)13-15/h5-9,15-16,18,23H,10-14H2,1-4H3/t15-,16+,18?,23?/m1/s1. The summed E-state index contributed by atoms with van der Waals surface area (Å²) in [4.78, 5) is 42.7. The van der Waals surface area contributed by atoms with Gasteiger partial charge in [-0.15, -0.1) is 0 Å². The number of carbonyl (C=O) groups excluding carboxylic acids is 2. The summed E-state index contributed by atoms with van der Waals surface area (Å²) in [5, 5.41) is 0. The molecule has 2 saturated heterocycles. The quantitative estimate of drug-likeness (QED) is 0.649. The number of amides is 2. The summed E-state index contributed by atoms with van der Waals surface area (Å²) >= 11 is 0. The summed E-state index contributed by atoms with van der Waals surface area (Å²) in [5.74, 6) is 1.07. The molecule has 5 rings (SSSR count). The Bertz CT molecular complexity index is 1220. The van der Waals surface area contributed by atoms with Crippen LogP contribution in [0.2, 0.25) is 0 Å². The Hall–Kier alpha value is -3.49. The number of pyridine rings is 1. The van der Waals surface area contributed by atoms with Crippen molar-refractivity contribution in [3.8, 4) is 17.2 Å². The van der Waals surface area contributed by atoms with Crippen molar-refractivity contribution in [1.82, 2.24) is 14.4 Å². The van der Waals surface area contributed by atoms with Crippen LogP contribution in [0, 0.1) is 11.8 Å². The van der Waals surface area contributed by atoms with Crippen molar-refractivity contribution in [2.75, 3.05) is 41.5 Å². The molecule has 9 heteroatoms. The lowest BCUT2D eigenvalue weighted by atomic mass is 9.82. The van der Waals surface area contributed by atoms with E-state index in [9.17, 15) is 14.4 Å². The highest BCUT2D eigenvalue weighted by molar-refractivity contribution is 5.90. The number of hydrogen-bond donors (Lipinski definition) is 0. The van der Waals surface area contributed by atoms with Gasteiger partial charge in [-0.1, -0.05) is 6.07 Å². The maximum atomic E-state index is 13.9. The molecule has 4 heterocycles. The van der Waals surface area contributed by atoms with Crippen LogP contribution in [0.25, 0.3) is 0 Å². The second-order valence-corrected chi connectivity index (χ2v) is 9.63. The van der Waals surface area contributed by atoms with Crippen LogP contribution in [-0.4, -0.2) is 67.6 Å². The van der Waals surface area contributed by atoms with Crippen molar-refractivity contribution in [2.45, 2.75) is 31.3 Å². The fraction of sp³-hybridized carbons (Fsp3) is 0.500. The molecule has 3 aliphatic heterocycles. The van der Waals surface area contributed by atoms with Crippen LogP contribution in [0.5, 0.6) is 17.2 Å². The molecule has 0 N–H and O–H groups in total. The van der Waals surface area contributed by atoms with E-state index < -0.39 is 12.0 Å². The number of ether oxygens (including phenoxy) is 3. The van der Waals surface area contributed by atoms with Gasteiger partial charge in [0.1, 0.15) is 0 Å². The summed E-state index contributed by atoms with van der Waals surface area (Å²) in [7, 11) is 6.35. The van der Waals surface area contributed by atoms with Gasteiger partial charge in [0.2, 0.25) is 17.6 Å². The molecule has 2 bridgehead atoms. The zero-order valence-corrected chi connectivity index (χ0v) is 20.5. The number of piperidine rings is 1. The molecule has 186 valence electrons. The third-order valence-electron chi connectivity index (χ3n) is 7.75. The normalized spacial score (nSPS) is 25.3. The van der Waals surface area contributed by atoms with Crippen molar-refractivity contribution in [2.24, 2.45) is 11.8 Å². The Morgan fingerprint density at radius 2 is 1.71 bits per heavy atom. The largest absolute Gasteiger partial charge is 0.493 e. The zero-order chi connectivity index (χ0) is 24.9. The summed E-state index contributed by atoms with van der Waals surface area (Å²) in [6, 6.07) is 8.50. The van der Waals surface area contributed by atoms with Crippen molar-refractivity contribution < 1.29 is 23.8 Å². The van der Waals surface area contributed by atoms with E-state index in [0.717, 1.165) is 12.1 Å². The van der Waals surface area contributed by atoms with Crippen molar-refractivity contribution in [1.29, 1.82) is 0 Å². The van der Waals surface area contributed by atoms with E-state index in [1.54, 1.807) is 44.4 Å². The first-order valence-electron chi connectivity index (χ1n) is 11.9. The van der Waals surface area contributed by atoms with E-state index in [1.807, 2.05) is 21.6 Å². The maximum Gasteiger partial charge on any atom is 0.250 e. The number of carbonyl (C=O) groups is 2. The van der Waals surface area contributed by atoms with Crippen LogP contribution < -0.4 is 19.8 Å². The Balaban J connectivity index is 1.48. The summed E-state index contributed by atoms with van der Waals surface area (Å²) in [6.07, 6.45) is 1.10. The van der Waals surface area contributed by atoms with Gasteiger partial charge in [0.15, 0.2) is 11.5 Å². The molecule has 0 saturated carbocycles. The lowest BCUT2D eigenvalue weighted by molar-refractivity contribution is -0.139. The molecule has 0 aliphatic carbocycles. The van der Waals surface area contributed by atoms with Gasteiger partial charge >= 0.3 is 0 Å². The molecule has 2 aromatic rings. The second kappa shape index (κ2) is 8.94. The Morgan fingerprint density at radius 3 is 2.43 bits per heavy atom. The maximum absolute atomic E-state index is 13.9. The summed E-state index contributed by atoms with van der Waals surface area (Å²) in [5.41, 5.74) is 1.72. The van der Waals surface area contributed by atoms with Gasteiger partial charge in [-0.2, -0.15) is 0 Å². The van der Waals surface area contributed by atoms with Crippen LogP contribution in [-0.2, 0) is 16.1 Å². The molecular weight excluding hydrogens is 450 g/mol. The van der Waals surface area contributed by atoms with E-state index in [2.05, 4.69) is 0 Å². The van der Waals surface area contributed by atoms with Gasteiger partial charge in [0.05, 0.1) is 33.3 Å². The SMILES string of the molecule is COc1ccc(C2C(C(=O)N3C[C@H]4C[C@@H](C3)c3cccc(=O)n3C4)CC(=O)N2C)c(OC)c1OC. The molecule has 9 nitrogen and oxygen atoms in total. The van der Waals surface area contributed by atoms with E-state index in [0.29, 0.717) is 42.4 Å². The van der Waals surface area contributed by atoms with Crippen molar-refractivity contribution in [3.05, 3.63) is 51.9 Å². The predicted octanol–water partition coefficient (Wildman–Crippen LogP) is 2.04. The molecule has 3 aliphatic rings. The molecule has 1 aromatic carbocycles. The van der Waals surface area contributed by atoms with Crippen LogP contribution in [0.3, 0.4) is 0 Å². The van der Waals surface area contributed by atoms with Gasteiger partial charge < -0.3 is 28.6 Å². The average Bonchev–Trinajstić information content (AvgIpc) is 3.16. The first-order chi connectivity index (χ1) is 16.9. The van der Waals surface area contributed by atoms with E-state index >= 15 is 0 Å². The van der Waals surface area contributed by atoms with Crippen molar-refractivity contribution in [3.63, 3.8) is 0 Å². The molecule has 1 aromatic heterocycles. The second-order valence-electron chi connectivity index (χ2n) is 9.63. The molecule has 0 radical (unpaired) electrons. The number of hydrogen-bond acceptors (Lipinski definition) is 6. The van der Waals surface area contributed by atoms with Gasteiger partial charge in [-0.05, 0) is 30.5 Å². The number of aromatic nitrogens is 1. The Kier molecular flexibility index (Phi) is 5.94. The molecular formula is C26H31N3O6. The first-order valence-corrected chi connectivity index (χ1v) is 11.9. The Labute approximate surface area is 204 Å². The van der Waals surface area contributed by atoms with Gasteiger partial charge in [0.25, 0.3) is 5.56 Å². The Morgan fingerprint density at radius 1 is 0.943 bits per heavy atom. The lowest BCUT2D eigenvalue weighted by Gasteiger charge is -2.44. The monoisotopic (exact) mass is 481 g/mol. The average molecular weight is 482 g/mol. The number of methoxy groups -OCH3 is 3. The van der Waals surface area contributed by atoms with Crippen LogP contribution >= 0.6 is 0 Å². The molecule has 2 amide bonds. The van der Waals surface area contributed by atoms with E-state index in [1.165, 1.54) is 7.11 Å². The smallest absolute Gasteiger partial charge is 0.250 e. The van der Waals surface area contributed by atoms with Gasteiger partial charge in [0, 0.05) is 56.3 Å². The molecule has 2 unspecified atom stereocenters. The minimum absolute atomic E-state index is 0.0144. The predicted molar refractivity (Wildman–Crippen MR) is 128 cm³/mol. The number of fused-ring (bicyclic) bond motifs is 4. The summed E-state index contributed by atoms with van der Waals surface area (Å²) in [6.45, 7) is 1.75. The highest BCUT2D eigenvalue weighted by Gasteiger charge is 2.47. The molecule has 0 spiro atoms. The van der Waals surface area contributed by atoms with E-state index in [4.69, 9.17) is 14.2 Å². The number of rotatable bonds is 5. The summed E-state index contributed by atoms with van der Waals surface area (Å²) < 4.78 is 18.5. The molecule has 2 fully saturated rings. The minimum atomic E-state index is -0.545. The highest BCUT2D eigenvalue weighted by atomic mass is 16.5. The third kappa shape index (κ3) is 3.73. The number of nitrogens with zero attached hydrogens (tertiary/aromatic N) is 3. The fourth-order valence-electron chi connectivity index (χ4n) is 6.18. The highest BCUT2D eigenvalue weighted by Crippen LogP contribution is 2.48. The first kappa shape index (κ1) is 23.3.